The van der Waals surface area contributed by atoms with Crippen LogP contribution in [0.1, 0.15) is 16.1 Å². The molecule has 94 valence electrons. The topological polar surface area (TPSA) is 92.0 Å². The summed E-state index contributed by atoms with van der Waals surface area (Å²) in [6.45, 7) is 0. The second-order valence-electron chi connectivity index (χ2n) is 3.67. The number of fused-ring (bicyclic) bond motifs is 1. The molecule has 0 amide bonds. The molecule has 0 aliphatic carbocycles. The van der Waals surface area contributed by atoms with Crippen LogP contribution in [-0.4, -0.2) is 23.2 Å². The number of nitrogens with two attached hydrogens (primary N) is 1. The van der Waals surface area contributed by atoms with Crippen LogP contribution in [0.3, 0.4) is 0 Å². The van der Waals surface area contributed by atoms with Gasteiger partial charge in [0.2, 0.25) is 0 Å². The Bertz CT molecular complexity index is 606. The lowest BCUT2D eigenvalue weighted by molar-refractivity contribution is 0.0602. The molecule has 5 nitrogen and oxygen atoms in total. The first-order valence-electron chi connectivity index (χ1n) is 5.28. The van der Waals surface area contributed by atoms with Crippen LogP contribution < -0.4 is 5.73 Å². The van der Waals surface area contributed by atoms with Crippen molar-refractivity contribution >= 4 is 33.8 Å². The van der Waals surface area contributed by atoms with Crippen molar-refractivity contribution < 1.29 is 9.53 Å². The molecule has 0 aliphatic rings. The Morgan fingerprint density at radius 3 is 2.89 bits per heavy atom. The van der Waals surface area contributed by atoms with E-state index in [1.807, 2.05) is 24.3 Å². The highest BCUT2D eigenvalue weighted by atomic mass is 32.2. The number of nitrogens with one attached hydrogen (secondary N) is 2. The maximum Gasteiger partial charge on any atom is 0.340 e. The van der Waals surface area contributed by atoms with Crippen molar-refractivity contribution in [3.63, 3.8) is 0 Å². The van der Waals surface area contributed by atoms with Gasteiger partial charge >= 0.3 is 5.97 Å². The lowest BCUT2D eigenvalue weighted by atomic mass is 10.1. The average Bonchev–Trinajstić information content (AvgIpc) is 2.73. The van der Waals surface area contributed by atoms with E-state index in [2.05, 4.69) is 4.98 Å². The highest BCUT2D eigenvalue weighted by molar-refractivity contribution is 8.13. The largest absolute Gasteiger partial charge is 0.465 e. The van der Waals surface area contributed by atoms with Gasteiger partial charge in [-0.2, -0.15) is 0 Å². The number of hydrogen-bond acceptors (Lipinski definition) is 4. The number of amidine groups is 1. The second-order valence-corrected chi connectivity index (χ2v) is 4.69. The summed E-state index contributed by atoms with van der Waals surface area (Å²) in [7, 11) is 1.35. The normalized spacial score (nSPS) is 10.5. The first kappa shape index (κ1) is 12.5. The van der Waals surface area contributed by atoms with Crippen molar-refractivity contribution in [2.45, 2.75) is 5.75 Å². The molecule has 1 heterocycles. The van der Waals surface area contributed by atoms with Gasteiger partial charge in [0.1, 0.15) is 0 Å². The average molecular weight is 263 g/mol. The van der Waals surface area contributed by atoms with Crippen molar-refractivity contribution in [3.05, 3.63) is 35.5 Å². The monoisotopic (exact) mass is 263 g/mol. The zero-order chi connectivity index (χ0) is 13.1. The van der Waals surface area contributed by atoms with E-state index in [0.717, 1.165) is 28.4 Å². The number of hydrogen-bond donors (Lipinski definition) is 3. The van der Waals surface area contributed by atoms with Gasteiger partial charge in [0.15, 0.2) is 5.17 Å². The van der Waals surface area contributed by atoms with Crippen molar-refractivity contribution in [3.8, 4) is 0 Å². The van der Waals surface area contributed by atoms with Crippen molar-refractivity contribution in [1.29, 1.82) is 5.41 Å². The molecule has 0 saturated carbocycles. The second kappa shape index (κ2) is 5.14. The minimum Gasteiger partial charge on any atom is -0.465 e. The first-order valence-corrected chi connectivity index (χ1v) is 6.26. The highest BCUT2D eigenvalue weighted by Crippen LogP contribution is 2.25. The van der Waals surface area contributed by atoms with Gasteiger partial charge in [-0.25, -0.2) is 4.79 Å². The summed E-state index contributed by atoms with van der Waals surface area (Å²) in [6.07, 6.45) is 0. The van der Waals surface area contributed by atoms with Crippen LogP contribution in [0.5, 0.6) is 0 Å². The van der Waals surface area contributed by atoms with Crippen LogP contribution in [0.25, 0.3) is 10.9 Å². The quantitative estimate of drug-likeness (QED) is 0.449. The third kappa shape index (κ3) is 2.33. The summed E-state index contributed by atoms with van der Waals surface area (Å²) in [5, 5.41) is 8.05. The molecule has 1 aromatic heterocycles. The predicted octanol–water partition coefficient (Wildman–Crippen LogP) is 2.08. The minimum atomic E-state index is -0.383. The van der Waals surface area contributed by atoms with E-state index in [-0.39, 0.29) is 11.1 Å². The van der Waals surface area contributed by atoms with Gasteiger partial charge in [0.05, 0.1) is 12.7 Å². The van der Waals surface area contributed by atoms with Crippen LogP contribution in [-0.2, 0) is 10.5 Å². The van der Waals surface area contributed by atoms with Crippen molar-refractivity contribution in [2.24, 2.45) is 5.73 Å². The molecule has 2 aromatic rings. The smallest absolute Gasteiger partial charge is 0.340 e. The lowest BCUT2D eigenvalue weighted by Gasteiger charge is -2.02. The number of para-hydroxylation sites is 1. The molecule has 0 bridgehead atoms. The van der Waals surface area contributed by atoms with Gasteiger partial charge in [-0.15, -0.1) is 0 Å². The first-order chi connectivity index (χ1) is 8.63. The van der Waals surface area contributed by atoms with Crippen molar-refractivity contribution in [2.75, 3.05) is 7.11 Å². The van der Waals surface area contributed by atoms with Crippen LogP contribution in [0.4, 0.5) is 0 Å². The van der Waals surface area contributed by atoms with Gasteiger partial charge in [0.25, 0.3) is 0 Å². The number of H-pyrrole nitrogens is 1. The van der Waals surface area contributed by atoms with Gasteiger partial charge < -0.3 is 15.5 Å². The number of rotatable bonds is 3. The molecule has 18 heavy (non-hydrogen) atoms. The van der Waals surface area contributed by atoms with Crippen molar-refractivity contribution in [1.82, 2.24) is 4.98 Å². The summed E-state index contributed by atoms with van der Waals surface area (Å²) in [5.41, 5.74) is 7.42. The van der Waals surface area contributed by atoms with Crippen LogP contribution >= 0.6 is 11.8 Å². The van der Waals surface area contributed by atoms with E-state index in [1.54, 1.807) is 0 Å². The van der Waals surface area contributed by atoms with E-state index in [0.29, 0.717) is 11.3 Å². The van der Waals surface area contributed by atoms with Gasteiger partial charge in [-0.3, -0.25) is 5.41 Å². The summed E-state index contributed by atoms with van der Waals surface area (Å²) in [4.78, 5) is 15.0. The molecule has 0 radical (unpaired) electrons. The molecule has 4 N–H and O–H groups in total. The fraction of sp³-hybridized carbons (Fsp3) is 0.167. The summed E-state index contributed by atoms with van der Waals surface area (Å²) in [6, 6.07) is 7.51. The van der Waals surface area contributed by atoms with Gasteiger partial charge in [-0.05, 0) is 6.07 Å². The molecule has 0 aliphatic heterocycles. The molecule has 0 atom stereocenters. The SMILES string of the molecule is COC(=O)c1c(CSC(=N)N)[nH]c2ccccc12. The zero-order valence-electron chi connectivity index (χ0n) is 9.82. The Morgan fingerprint density at radius 2 is 2.22 bits per heavy atom. The Hall–Kier alpha value is -1.95. The number of thioether (sulfide) groups is 1. The Kier molecular flexibility index (Phi) is 3.57. The number of benzene rings is 1. The lowest BCUT2D eigenvalue weighted by Crippen LogP contribution is -2.07. The van der Waals surface area contributed by atoms with E-state index in [1.165, 1.54) is 7.11 Å². The maximum atomic E-state index is 11.8. The Morgan fingerprint density at radius 1 is 1.50 bits per heavy atom. The fourth-order valence-electron chi connectivity index (χ4n) is 1.79. The van der Waals surface area contributed by atoms with E-state index < -0.39 is 0 Å². The molecule has 0 fully saturated rings. The van der Waals surface area contributed by atoms with Crippen LogP contribution in [0.2, 0.25) is 0 Å². The number of esters is 1. The number of aromatic amines is 1. The number of methoxy groups -OCH3 is 1. The maximum absolute atomic E-state index is 11.8. The molecule has 0 saturated heterocycles. The number of aromatic nitrogens is 1. The van der Waals surface area contributed by atoms with Crippen LogP contribution in [0, 0.1) is 5.41 Å². The third-order valence-corrected chi connectivity index (χ3v) is 3.29. The number of carbonyl (C=O) groups excluding carboxylic acids is 1. The predicted molar refractivity (Wildman–Crippen MR) is 72.8 cm³/mol. The molecule has 1 aromatic carbocycles. The van der Waals surface area contributed by atoms with Gasteiger partial charge in [0, 0.05) is 22.3 Å². The Labute approximate surface area is 108 Å². The summed E-state index contributed by atoms with van der Waals surface area (Å²) in [5.74, 6) is 0.0562. The molecule has 2 rings (SSSR count). The van der Waals surface area contributed by atoms with E-state index in [4.69, 9.17) is 15.9 Å². The molecule has 0 unspecified atom stereocenters. The van der Waals surface area contributed by atoms with E-state index in [9.17, 15) is 4.79 Å². The number of ether oxygens (including phenoxy) is 1. The van der Waals surface area contributed by atoms with Crippen LogP contribution in [0.15, 0.2) is 24.3 Å². The molecular formula is C12H13N3O2S. The minimum absolute atomic E-state index is 0.0180. The Balaban J connectivity index is 2.49. The van der Waals surface area contributed by atoms with Gasteiger partial charge in [-0.1, -0.05) is 30.0 Å². The molecule has 6 heteroatoms. The summed E-state index contributed by atoms with van der Waals surface area (Å²) >= 11 is 1.16. The standard InChI is InChI=1S/C12H13N3O2S/c1-17-11(16)10-7-4-2-3-5-8(7)15-9(10)6-18-12(13)14/h2-5,15H,6H2,1H3,(H3,13,14). The molecular weight excluding hydrogens is 250 g/mol. The highest BCUT2D eigenvalue weighted by Gasteiger charge is 2.18. The molecule has 0 spiro atoms. The zero-order valence-corrected chi connectivity index (χ0v) is 10.6. The van der Waals surface area contributed by atoms with E-state index >= 15 is 0 Å². The number of carbonyl (C=O) groups is 1. The fourth-order valence-corrected chi connectivity index (χ4v) is 2.31. The summed E-state index contributed by atoms with van der Waals surface area (Å²) < 4.78 is 4.80. The third-order valence-electron chi connectivity index (χ3n) is 2.55.